The van der Waals surface area contributed by atoms with Gasteiger partial charge in [-0.3, -0.25) is 0 Å². The molecule has 2 aromatic rings. The van der Waals surface area contributed by atoms with Crippen LogP contribution in [-0.4, -0.2) is 11.5 Å². The maximum absolute atomic E-state index is 2.35. The third-order valence-corrected chi connectivity index (χ3v) is 7.14. The van der Waals surface area contributed by atoms with Gasteiger partial charge in [0.25, 0.3) is 0 Å². The highest BCUT2D eigenvalue weighted by Gasteiger charge is 2.41. The predicted molar refractivity (Wildman–Crippen MR) is 78.9 cm³/mol. The Morgan fingerprint density at radius 2 is 1.71 bits per heavy atom. The zero-order valence-electron chi connectivity index (χ0n) is 9.61. The highest BCUT2D eigenvalue weighted by atomic mass is 32.2. The Bertz CT molecular complexity index is 577. The Morgan fingerprint density at radius 3 is 2.53 bits per heavy atom. The summed E-state index contributed by atoms with van der Waals surface area (Å²) in [7, 11) is 0. The summed E-state index contributed by atoms with van der Waals surface area (Å²) in [6, 6.07) is 13.6. The lowest BCUT2D eigenvalue weighted by Gasteiger charge is -2.33. The van der Waals surface area contributed by atoms with Crippen LogP contribution in [0.1, 0.15) is 17.5 Å². The molecule has 1 heterocycles. The molecule has 0 aromatic heterocycles. The summed E-state index contributed by atoms with van der Waals surface area (Å²) in [4.78, 5) is 0. The molecule has 1 aliphatic carbocycles. The standard InChI is InChI=1S/C15H14S2/c1-4-11-5-2-7-13-14(11)12(6-1)10-15(13)16-8-3-9-17-15/h1-2,4-7H,3,8-10H2. The lowest BCUT2D eigenvalue weighted by atomic mass is 10.1. The van der Waals surface area contributed by atoms with Gasteiger partial charge in [-0.1, -0.05) is 36.4 Å². The summed E-state index contributed by atoms with van der Waals surface area (Å²) in [5, 5.41) is 2.96. The summed E-state index contributed by atoms with van der Waals surface area (Å²) in [6.07, 6.45) is 2.59. The summed E-state index contributed by atoms with van der Waals surface area (Å²) in [5.41, 5.74) is 3.14. The molecule has 86 valence electrons. The quantitative estimate of drug-likeness (QED) is 0.686. The third kappa shape index (κ3) is 1.40. The fourth-order valence-corrected chi connectivity index (χ4v) is 6.48. The zero-order valence-corrected chi connectivity index (χ0v) is 11.2. The summed E-state index contributed by atoms with van der Waals surface area (Å²) in [5.74, 6) is 2.63. The van der Waals surface area contributed by atoms with Crippen molar-refractivity contribution in [2.24, 2.45) is 0 Å². The maximum Gasteiger partial charge on any atom is 0.0906 e. The van der Waals surface area contributed by atoms with E-state index in [1.54, 1.807) is 11.1 Å². The van der Waals surface area contributed by atoms with Crippen molar-refractivity contribution in [3.63, 3.8) is 0 Å². The van der Waals surface area contributed by atoms with Crippen molar-refractivity contribution in [3.8, 4) is 0 Å². The summed E-state index contributed by atoms with van der Waals surface area (Å²) in [6.45, 7) is 0. The minimum absolute atomic E-state index is 0.335. The molecule has 0 amide bonds. The first-order valence-electron chi connectivity index (χ1n) is 6.18. The van der Waals surface area contributed by atoms with Crippen LogP contribution in [0.3, 0.4) is 0 Å². The van der Waals surface area contributed by atoms with Gasteiger partial charge in [-0.05, 0) is 39.8 Å². The van der Waals surface area contributed by atoms with Crippen molar-refractivity contribution in [2.75, 3.05) is 11.5 Å². The minimum atomic E-state index is 0.335. The van der Waals surface area contributed by atoms with Gasteiger partial charge in [-0.25, -0.2) is 0 Å². The second-order valence-corrected chi connectivity index (χ2v) is 7.85. The maximum atomic E-state index is 2.35. The first-order chi connectivity index (χ1) is 8.39. The Balaban J connectivity index is 1.99. The van der Waals surface area contributed by atoms with Crippen molar-refractivity contribution in [1.82, 2.24) is 0 Å². The molecule has 1 aliphatic heterocycles. The summed E-state index contributed by atoms with van der Waals surface area (Å²) >= 11 is 4.33. The van der Waals surface area contributed by atoms with Crippen LogP contribution in [0.15, 0.2) is 36.4 Å². The van der Waals surface area contributed by atoms with Gasteiger partial charge < -0.3 is 0 Å². The van der Waals surface area contributed by atoms with E-state index in [0.717, 1.165) is 0 Å². The SMILES string of the molecule is c1cc2c3c(cccc3c1)C1(C2)SCCCS1. The third-order valence-electron chi connectivity index (χ3n) is 3.78. The number of benzene rings is 2. The van der Waals surface area contributed by atoms with Crippen molar-refractivity contribution in [3.05, 3.63) is 47.5 Å². The van der Waals surface area contributed by atoms with Crippen molar-refractivity contribution >= 4 is 34.3 Å². The molecule has 0 bridgehead atoms. The lowest BCUT2D eigenvalue weighted by Crippen LogP contribution is -2.21. The van der Waals surface area contributed by atoms with Gasteiger partial charge in [0.2, 0.25) is 0 Å². The molecule has 1 spiro atoms. The molecule has 2 heteroatoms. The van der Waals surface area contributed by atoms with Crippen LogP contribution in [0, 0.1) is 0 Å². The number of hydrogen-bond acceptors (Lipinski definition) is 2. The van der Waals surface area contributed by atoms with Crippen LogP contribution in [0.25, 0.3) is 10.8 Å². The number of rotatable bonds is 0. The average molecular weight is 258 g/mol. The smallest absolute Gasteiger partial charge is 0.0906 e. The van der Waals surface area contributed by atoms with E-state index in [1.165, 1.54) is 35.1 Å². The Labute approximate surface area is 110 Å². The minimum Gasteiger partial charge on any atom is -0.139 e. The Kier molecular flexibility index (Phi) is 2.25. The molecule has 17 heavy (non-hydrogen) atoms. The van der Waals surface area contributed by atoms with Gasteiger partial charge in [-0.15, -0.1) is 23.5 Å². The second kappa shape index (κ2) is 3.69. The van der Waals surface area contributed by atoms with E-state index < -0.39 is 0 Å². The first-order valence-corrected chi connectivity index (χ1v) is 8.15. The van der Waals surface area contributed by atoms with Gasteiger partial charge in [0.05, 0.1) is 4.08 Å². The van der Waals surface area contributed by atoms with E-state index in [9.17, 15) is 0 Å². The molecule has 0 radical (unpaired) electrons. The fraction of sp³-hybridized carbons (Fsp3) is 0.333. The molecule has 2 aliphatic rings. The normalized spacial score (nSPS) is 21.2. The van der Waals surface area contributed by atoms with Crippen molar-refractivity contribution < 1.29 is 0 Å². The van der Waals surface area contributed by atoms with Gasteiger partial charge in [0.15, 0.2) is 0 Å². The molecule has 0 saturated carbocycles. The van der Waals surface area contributed by atoms with Crippen LogP contribution in [0.2, 0.25) is 0 Å². The van der Waals surface area contributed by atoms with E-state index >= 15 is 0 Å². The van der Waals surface area contributed by atoms with Crippen LogP contribution >= 0.6 is 23.5 Å². The molecule has 1 saturated heterocycles. The van der Waals surface area contributed by atoms with Gasteiger partial charge in [0, 0.05) is 6.42 Å². The second-order valence-electron chi connectivity index (χ2n) is 4.80. The highest BCUT2D eigenvalue weighted by molar-refractivity contribution is 8.18. The highest BCUT2D eigenvalue weighted by Crippen LogP contribution is 2.58. The molecule has 0 unspecified atom stereocenters. The molecular weight excluding hydrogens is 244 g/mol. The molecule has 0 N–H and O–H groups in total. The van der Waals surface area contributed by atoms with E-state index in [2.05, 4.69) is 59.9 Å². The van der Waals surface area contributed by atoms with E-state index in [0.29, 0.717) is 4.08 Å². The number of thioether (sulfide) groups is 2. The summed E-state index contributed by atoms with van der Waals surface area (Å²) < 4.78 is 0.335. The molecule has 0 atom stereocenters. The molecule has 4 rings (SSSR count). The lowest BCUT2D eigenvalue weighted by molar-refractivity contribution is 0.891. The molecule has 2 aromatic carbocycles. The van der Waals surface area contributed by atoms with E-state index in [1.807, 2.05) is 0 Å². The van der Waals surface area contributed by atoms with Crippen LogP contribution in [-0.2, 0) is 10.5 Å². The van der Waals surface area contributed by atoms with Crippen molar-refractivity contribution in [2.45, 2.75) is 16.9 Å². The zero-order chi connectivity index (χ0) is 11.3. The van der Waals surface area contributed by atoms with Gasteiger partial charge >= 0.3 is 0 Å². The number of fused-ring (bicyclic) bond motifs is 1. The predicted octanol–water partition coefficient (Wildman–Crippen LogP) is 4.42. The number of hydrogen-bond donors (Lipinski definition) is 0. The molecule has 0 nitrogen and oxygen atoms in total. The largest absolute Gasteiger partial charge is 0.139 e. The monoisotopic (exact) mass is 258 g/mol. The Morgan fingerprint density at radius 1 is 0.941 bits per heavy atom. The topological polar surface area (TPSA) is 0 Å². The van der Waals surface area contributed by atoms with Gasteiger partial charge in [0.1, 0.15) is 0 Å². The Hall–Kier alpha value is -0.600. The fourth-order valence-electron chi connectivity index (χ4n) is 3.06. The molecular formula is C15H14S2. The van der Waals surface area contributed by atoms with Crippen LogP contribution < -0.4 is 0 Å². The van der Waals surface area contributed by atoms with Crippen molar-refractivity contribution in [1.29, 1.82) is 0 Å². The average Bonchev–Trinajstić information content (AvgIpc) is 2.68. The van der Waals surface area contributed by atoms with Crippen LogP contribution in [0.4, 0.5) is 0 Å². The van der Waals surface area contributed by atoms with Crippen LogP contribution in [0.5, 0.6) is 0 Å². The van der Waals surface area contributed by atoms with Gasteiger partial charge in [-0.2, -0.15) is 0 Å². The van der Waals surface area contributed by atoms with E-state index in [-0.39, 0.29) is 0 Å². The van der Waals surface area contributed by atoms with E-state index in [4.69, 9.17) is 0 Å². The molecule has 1 fully saturated rings. The first kappa shape index (κ1) is 10.3.